The number of amidine groups is 1. The molecule has 0 radical (unpaired) electrons. The number of nitrogens with two attached hydrogens (primary N) is 1. The molecule has 1 saturated carbocycles. The number of benzene rings is 2. The number of aryl methyl sites for hydroxylation is 1. The molecule has 41 heavy (non-hydrogen) atoms. The number of nitrogens with one attached hydrogen (secondary N) is 3. The van der Waals surface area contributed by atoms with Crippen molar-refractivity contribution in [3.63, 3.8) is 0 Å². The van der Waals surface area contributed by atoms with Gasteiger partial charge in [-0.2, -0.15) is 5.53 Å². The van der Waals surface area contributed by atoms with Gasteiger partial charge >= 0.3 is 6.03 Å². The van der Waals surface area contributed by atoms with Crippen LogP contribution in [-0.2, 0) is 11.2 Å². The summed E-state index contributed by atoms with van der Waals surface area (Å²) in [4.78, 5) is 37.4. The minimum Gasteiger partial charge on any atom is -0.343 e. The Kier molecular flexibility index (Phi) is 12.4. The molecule has 0 spiro atoms. The number of aliphatic imine (C=N–C) groups is 2. The zero-order valence-electron chi connectivity index (χ0n) is 24.4. The van der Waals surface area contributed by atoms with Gasteiger partial charge in [-0.1, -0.05) is 24.3 Å². The molecule has 2 aromatic carbocycles. The number of hydrazine groups is 2. The van der Waals surface area contributed by atoms with Crippen molar-refractivity contribution in [1.82, 2.24) is 20.8 Å². The lowest BCUT2D eigenvalue weighted by atomic mass is 9.76. The number of hydrogen-bond donors (Lipinski definition) is 4. The molecule has 0 aromatic heterocycles. The van der Waals surface area contributed by atoms with E-state index in [9.17, 15) is 14.0 Å². The molecule has 10 nitrogen and oxygen atoms in total. The monoisotopic (exact) mass is 566 g/mol. The molecule has 0 bridgehead atoms. The van der Waals surface area contributed by atoms with Crippen LogP contribution in [0.25, 0.3) is 0 Å². The first-order valence-corrected chi connectivity index (χ1v) is 14.0. The Hall–Kier alpha value is -3.67. The van der Waals surface area contributed by atoms with Crippen LogP contribution in [0.5, 0.6) is 0 Å². The van der Waals surface area contributed by atoms with Crippen LogP contribution in [0.2, 0.25) is 0 Å². The van der Waals surface area contributed by atoms with E-state index in [0.717, 1.165) is 56.3 Å². The molecule has 3 atom stereocenters. The lowest BCUT2D eigenvalue weighted by molar-refractivity contribution is -0.130. The van der Waals surface area contributed by atoms with Gasteiger partial charge in [0.1, 0.15) is 11.7 Å². The lowest BCUT2D eigenvalue weighted by Crippen LogP contribution is -2.44. The third-order valence-electron chi connectivity index (χ3n) is 7.71. The van der Waals surface area contributed by atoms with Gasteiger partial charge in [0.2, 0.25) is 5.91 Å². The predicted octanol–water partition coefficient (Wildman–Crippen LogP) is 3.60. The highest BCUT2D eigenvalue weighted by Gasteiger charge is 2.33. The lowest BCUT2D eigenvalue weighted by Gasteiger charge is -2.39. The molecule has 3 rings (SSSR count). The normalized spacial score (nSPS) is 19.4. The zero-order chi connectivity index (χ0) is 29.8. The van der Waals surface area contributed by atoms with E-state index in [0.29, 0.717) is 17.4 Å². The summed E-state index contributed by atoms with van der Waals surface area (Å²) in [5, 5.41) is 2.83. The molecule has 3 amide bonds. The average Bonchev–Trinajstić information content (AvgIpc) is 2.96. The van der Waals surface area contributed by atoms with Crippen LogP contribution in [-0.4, -0.2) is 74.1 Å². The van der Waals surface area contributed by atoms with E-state index in [1.807, 2.05) is 31.3 Å². The Morgan fingerprint density at radius 3 is 2.59 bits per heavy atom. The molecule has 1 fully saturated rings. The maximum atomic E-state index is 13.2. The van der Waals surface area contributed by atoms with Crippen LogP contribution in [0.15, 0.2) is 58.5 Å². The van der Waals surface area contributed by atoms with Gasteiger partial charge in [-0.15, -0.1) is 0 Å². The third-order valence-corrected chi connectivity index (χ3v) is 7.71. The minimum atomic E-state index is -0.463. The fourth-order valence-electron chi connectivity index (χ4n) is 5.35. The molecule has 1 unspecified atom stereocenters. The summed E-state index contributed by atoms with van der Waals surface area (Å²) in [6, 6.07) is 13.5. The Morgan fingerprint density at radius 2 is 1.90 bits per heavy atom. The van der Waals surface area contributed by atoms with Crippen LogP contribution in [0, 0.1) is 17.7 Å². The summed E-state index contributed by atoms with van der Waals surface area (Å²) < 4.78 is 13.2. The first-order chi connectivity index (χ1) is 19.7. The highest BCUT2D eigenvalue weighted by atomic mass is 19.1. The van der Waals surface area contributed by atoms with Gasteiger partial charge in [-0.3, -0.25) is 21.1 Å². The van der Waals surface area contributed by atoms with E-state index < -0.39 is 6.03 Å². The van der Waals surface area contributed by atoms with E-state index in [1.165, 1.54) is 12.1 Å². The molecule has 2 aromatic rings. The maximum Gasteiger partial charge on any atom is 0.345 e. The number of carbonyl (C=O) groups is 2. The third kappa shape index (κ3) is 10.0. The van der Waals surface area contributed by atoms with Crippen molar-refractivity contribution >= 4 is 29.7 Å². The van der Waals surface area contributed by atoms with E-state index >= 15 is 0 Å². The molecule has 11 heteroatoms. The van der Waals surface area contributed by atoms with Crippen molar-refractivity contribution in [3.05, 3.63) is 65.5 Å². The van der Waals surface area contributed by atoms with Gasteiger partial charge < -0.3 is 15.1 Å². The molecule has 222 valence electrons. The second-order valence-corrected chi connectivity index (χ2v) is 10.6. The van der Waals surface area contributed by atoms with Crippen molar-refractivity contribution in [1.29, 1.82) is 0 Å². The van der Waals surface area contributed by atoms with Crippen molar-refractivity contribution in [2.75, 3.05) is 39.5 Å². The highest BCUT2D eigenvalue weighted by Crippen LogP contribution is 2.32. The fraction of sp³-hybridized carbons (Fsp3) is 0.467. The van der Waals surface area contributed by atoms with Gasteiger partial charge in [0.25, 0.3) is 0 Å². The van der Waals surface area contributed by atoms with Crippen LogP contribution >= 0.6 is 0 Å². The van der Waals surface area contributed by atoms with Gasteiger partial charge in [0.05, 0.1) is 0 Å². The molecule has 0 heterocycles. The molecule has 1 aliphatic carbocycles. The van der Waals surface area contributed by atoms with E-state index in [-0.39, 0.29) is 23.7 Å². The molecule has 1 aliphatic rings. The number of carbonyl (C=O) groups excluding carboxylic acids is 2. The zero-order valence-corrected chi connectivity index (χ0v) is 24.4. The SMILES string of the molecule is CN=C(NNN)c1cccc(NC(=O)/N=C/C2C[C@H](N(C)C(C)=O)CC[C@H]2CN(C)CCCc2ccc(F)cc2)c1. The summed E-state index contributed by atoms with van der Waals surface area (Å²) in [6.07, 6.45) is 6.22. The quantitative estimate of drug-likeness (QED) is 0.142. The molecule has 0 aliphatic heterocycles. The smallest absolute Gasteiger partial charge is 0.343 e. The fourth-order valence-corrected chi connectivity index (χ4v) is 5.35. The van der Waals surface area contributed by atoms with Gasteiger partial charge in [-0.25, -0.2) is 14.2 Å². The summed E-state index contributed by atoms with van der Waals surface area (Å²) >= 11 is 0. The largest absolute Gasteiger partial charge is 0.345 e. The second-order valence-electron chi connectivity index (χ2n) is 10.6. The average molecular weight is 567 g/mol. The Labute approximate surface area is 242 Å². The summed E-state index contributed by atoms with van der Waals surface area (Å²) in [7, 11) is 5.58. The van der Waals surface area contributed by atoms with Crippen LogP contribution in [0.1, 0.15) is 43.7 Å². The van der Waals surface area contributed by atoms with E-state index in [2.05, 4.69) is 38.2 Å². The Balaban J connectivity index is 1.63. The number of urea groups is 1. The number of anilines is 1. The topological polar surface area (TPSA) is 127 Å². The predicted molar refractivity (Wildman–Crippen MR) is 162 cm³/mol. The van der Waals surface area contributed by atoms with E-state index in [4.69, 9.17) is 5.84 Å². The first kappa shape index (κ1) is 31.9. The molecular formula is C30H43FN8O2. The minimum absolute atomic E-state index is 0.0361. The van der Waals surface area contributed by atoms with Crippen LogP contribution in [0.3, 0.4) is 0 Å². The molecule has 5 N–H and O–H groups in total. The standard InChI is InChI=1S/C30H43FN8O2/c1-21(40)39(4)28-15-12-24(20-38(3)16-6-7-22-10-13-26(31)14-11-22)25(18-28)19-34-30(41)35-27-9-5-8-23(17-27)29(33-2)36-37-32/h5,8-11,13-14,17,19,24-25,28,37H,6-7,12,15-16,18,20,32H2,1-4H3,(H,33,36)(H,35,41)/b34-19+/t24-,25?,28+/m0/s1. The maximum absolute atomic E-state index is 13.2. The molecular weight excluding hydrogens is 523 g/mol. The van der Waals surface area contributed by atoms with E-state index in [1.54, 1.807) is 37.2 Å². The number of halogens is 1. The summed E-state index contributed by atoms with van der Waals surface area (Å²) in [5.74, 6) is 6.04. The summed E-state index contributed by atoms with van der Waals surface area (Å²) in [6.45, 7) is 3.35. The number of amides is 3. The van der Waals surface area contributed by atoms with Crippen molar-refractivity contribution in [2.24, 2.45) is 27.7 Å². The van der Waals surface area contributed by atoms with Gasteiger partial charge in [-0.05, 0) is 81.4 Å². The van der Waals surface area contributed by atoms with Gasteiger partial charge in [0, 0.05) is 57.0 Å². The van der Waals surface area contributed by atoms with Crippen LogP contribution in [0.4, 0.5) is 14.9 Å². The van der Waals surface area contributed by atoms with Crippen molar-refractivity contribution in [2.45, 2.75) is 45.1 Å². The van der Waals surface area contributed by atoms with Gasteiger partial charge in [0.15, 0.2) is 0 Å². The number of hydrogen-bond acceptors (Lipinski definition) is 6. The number of rotatable bonds is 11. The van der Waals surface area contributed by atoms with Crippen LogP contribution < -0.4 is 22.1 Å². The van der Waals surface area contributed by atoms with Crippen molar-refractivity contribution in [3.8, 4) is 0 Å². The Morgan fingerprint density at radius 1 is 1.15 bits per heavy atom. The molecule has 0 saturated heterocycles. The van der Waals surface area contributed by atoms with Crippen molar-refractivity contribution < 1.29 is 14.0 Å². The highest BCUT2D eigenvalue weighted by molar-refractivity contribution is 6.00. The summed E-state index contributed by atoms with van der Waals surface area (Å²) in [5.41, 5.74) is 7.57. The second kappa shape index (κ2) is 15.9. The number of nitrogens with zero attached hydrogens (tertiary/aromatic N) is 4. The Bertz CT molecular complexity index is 1200. The first-order valence-electron chi connectivity index (χ1n) is 14.0.